The Morgan fingerprint density at radius 2 is 1.36 bits per heavy atom. The topological polar surface area (TPSA) is 6.48 Å². The van der Waals surface area contributed by atoms with Gasteiger partial charge in [-0.15, -0.1) is 0 Å². The molecule has 0 aliphatic rings. The molecule has 0 aliphatic heterocycles. The van der Waals surface area contributed by atoms with Crippen molar-refractivity contribution in [1.82, 2.24) is 4.90 Å². The molecule has 0 aromatic heterocycles. The molecule has 136 valence electrons. The highest BCUT2D eigenvalue weighted by Crippen LogP contribution is 2.33. The van der Waals surface area contributed by atoms with Crippen LogP contribution in [0, 0.1) is 0 Å². The molecule has 0 heterocycles. The fraction of sp³-hybridized carbons (Fsp3) is 0.400. The minimum Gasteiger partial charge on any atom is -0.375 e. The zero-order valence-corrected chi connectivity index (χ0v) is 17.3. The summed E-state index contributed by atoms with van der Waals surface area (Å²) in [7, 11) is 6.04. The van der Waals surface area contributed by atoms with Crippen molar-refractivity contribution >= 4 is 40.5 Å². The van der Waals surface area contributed by atoms with Gasteiger partial charge in [0, 0.05) is 25.7 Å². The van der Waals surface area contributed by atoms with Crippen molar-refractivity contribution in [3.8, 4) is 0 Å². The molecule has 0 spiro atoms. The molecule has 0 saturated carbocycles. The van der Waals surface area contributed by atoms with Gasteiger partial charge >= 0.3 is 0 Å². The molecule has 2 rings (SSSR count). The molecular formula is C20H25Cl3N2. The van der Waals surface area contributed by atoms with Gasteiger partial charge in [-0.1, -0.05) is 46.9 Å². The van der Waals surface area contributed by atoms with Crippen molar-refractivity contribution in [3.05, 3.63) is 62.6 Å². The maximum absolute atomic E-state index is 6.36. The molecule has 25 heavy (non-hydrogen) atoms. The van der Waals surface area contributed by atoms with Crippen molar-refractivity contribution in [2.45, 2.75) is 19.3 Å². The van der Waals surface area contributed by atoms with E-state index in [-0.39, 0.29) is 0 Å². The van der Waals surface area contributed by atoms with E-state index in [0.717, 1.165) is 43.1 Å². The first-order valence-corrected chi connectivity index (χ1v) is 9.58. The summed E-state index contributed by atoms with van der Waals surface area (Å²) in [5.41, 5.74) is 3.38. The highest BCUT2D eigenvalue weighted by molar-refractivity contribution is 6.39. The van der Waals surface area contributed by atoms with Crippen LogP contribution >= 0.6 is 34.8 Å². The van der Waals surface area contributed by atoms with Gasteiger partial charge in [0.05, 0.1) is 15.7 Å². The van der Waals surface area contributed by atoms with Crippen LogP contribution in [0.1, 0.15) is 17.5 Å². The van der Waals surface area contributed by atoms with E-state index in [1.807, 2.05) is 43.3 Å². The third-order valence-corrected chi connectivity index (χ3v) is 5.05. The van der Waals surface area contributed by atoms with E-state index in [1.54, 1.807) is 0 Å². The number of aryl methyl sites for hydroxylation is 1. The Balaban J connectivity index is 1.79. The first kappa shape index (κ1) is 20.4. The Bertz CT molecular complexity index is 661. The van der Waals surface area contributed by atoms with Gasteiger partial charge in [0.25, 0.3) is 0 Å². The molecule has 0 bridgehead atoms. The Morgan fingerprint density at radius 3 is 1.92 bits per heavy atom. The normalized spacial score (nSPS) is 11.2. The largest absolute Gasteiger partial charge is 0.375 e. The number of hydrogen-bond acceptors (Lipinski definition) is 2. The Kier molecular flexibility index (Phi) is 7.89. The molecule has 0 radical (unpaired) electrons. The van der Waals surface area contributed by atoms with Crippen LogP contribution in [-0.4, -0.2) is 39.1 Å². The molecule has 0 aliphatic carbocycles. The van der Waals surface area contributed by atoms with Crippen LogP contribution in [-0.2, 0) is 12.8 Å². The molecule has 2 aromatic rings. The number of halogens is 3. The fourth-order valence-electron chi connectivity index (χ4n) is 2.83. The Labute approximate surface area is 166 Å². The lowest BCUT2D eigenvalue weighted by Crippen LogP contribution is -2.23. The minimum atomic E-state index is 0.706. The van der Waals surface area contributed by atoms with Gasteiger partial charge in [-0.05, 0) is 68.2 Å². The van der Waals surface area contributed by atoms with Gasteiger partial charge in [0.1, 0.15) is 0 Å². The number of nitrogens with zero attached hydrogens (tertiary/aromatic N) is 2. The molecule has 0 atom stereocenters. The van der Waals surface area contributed by atoms with Gasteiger partial charge in [0.2, 0.25) is 0 Å². The predicted molar refractivity (Wildman–Crippen MR) is 112 cm³/mol. The fourth-order valence-corrected chi connectivity index (χ4v) is 3.82. The summed E-state index contributed by atoms with van der Waals surface area (Å²) in [6, 6.07) is 12.1. The summed E-state index contributed by atoms with van der Waals surface area (Å²) in [4.78, 5) is 4.29. The summed E-state index contributed by atoms with van der Waals surface area (Å²) in [6.45, 7) is 2.04. The van der Waals surface area contributed by atoms with Crippen LogP contribution < -0.4 is 4.90 Å². The maximum atomic E-state index is 6.36. The highest BCUT2D eigenvalue weighted by Gasteiger charge is 2.10. The number of anilines is 1. The number of likely N-dealkylation sites (N-methyl/N-ethyl adjacent to an activating group) is 1. The van der Waals surface area contributed by atoms with E-state index in [4.69, 9.17) is 34.8 Å². The van der Waals surface area contributed by atoms with Crippen molar-refractivity contribution in [1.29, 1.82) is 0 Å². The van der Waals surface area contributed by atoms with Crippen LogP contribution in [0.5, 0.6) is 0 Å². The van der Waals surface area contributed by atoms with E-state index >= 15 is 0 Å². The monoisotopic (exact) mass is 398 g/mol. The van der Waals surface area contributed by atoms with E-state index in [9.17, 15) is 0 Å². The molecule has 0 unspecified atom stereocenters. The van der Waals surface area contributed by atoms with Crippen LogP contribution in [0.25, 0.3) is 0 Å². The smallest absolute Gasteiger partial charge is 0.0739 e. The minimum absolute atomic E-state index is 0.706. The van der Waals surface area contributed by atoms with Crippen LogP contribution in [0.3, 0.4) is 0 Å². The first-order valence-electron chi connectivity index (χ1n) is 8.45. The first-order chi connectivity index (χ1) is 11.9. The molecular weight excluding hydrogens is 375 g/mol. The summed E-state index contributed by atoms with van der Waals surface area (Å²) < 4.78 is 0. The van der Waals surface area contributed by atoms with E-state index in [2.05, 4.69) is 24.1 Å². The summed E-state index contributed by atoms with van der Waals surface area (Å²) in [6.07, 6.45) is 3.13. The number of rotatable bonds is 8. The quantitative estimate of drug-likeness (QED) is 0.552. The standard InChI is InChI=1S/C20H25Cl3N2/c1-24(2)20-18(22)13-16(14-19(20)23)10-12-25(3)11-4-5-15-6-8-17(21)9-7-15/h6-9,13-14H,4-5,10-12H2,1-3H3. The zero-order valence-electron chi connectivity index (χ0n) is 15.0. The number of benzene rings is 2. The van der Waals surface area contributed by atoms with E-state index in [1.165, 1.54) is 11.1 Å². The van der Waals surface area contributed by atoms with Crippen LogP contribution in [0.15, 0.2) is 36.4 Å². The lowest BCUT2D eigenvalue weighted by atomic mass is 10.1. The SMILES string of the molecule is CN(CCCc1ccc(Cl)cc1)CCc1cc(Cl)c(N(C)C)c(Cl)c1. The average molecular weight is 400 g/mol. The Hall–Kier alpha value is -0.930. The zero-order chi connectivity index (χ0) is 18.4. The van der Waals surface area contributed by atoms with Crippen molar-refractivity contribution in [2.24, 2.45) is 0 Å². The van der Waals surface area contributed by atoms with Crippen molar-refractivity contribution in [2.75, 3.05) is 39.1 Å². The molecule has 0 N–H and O–H groups in total. The van der Waals surface area contributed by atoms with Gasteiger partial charge in [-0.2, -0.15) is 0 Å². The second kappa shape index (κ2) is 9.68. The van der Waals surface area contributed by atoms with E-state index < -0.39 is 0 Å². The second-order valence-electron chi connectivity index (χ2n) is 6.59. The van der Waals surface area contributed by atoms with Gasteiger partial charge in [0.15, 0.2) is 0 Å². The third-order valence-electron chi connectivity index (χ3n) is 4.22. The summed E-state index contributed by atoms with van der Waals surface area (Å²) in [5, 5.41) is 2.20. The van der Waals surface area contributed by atoms with Crippen molar-refractivity contribution in [3.63, 3.8) is 0 Å². The summed E-state index contributed by atoms with van der Waals surface area (Å²) in [5.74, 6) is 0. The predicted octanol–water partition coefficient (Wildman–Crippen LogP) is 5.82. The molecule has 5 heteroatoms. The van der Waals surface area contributed by atoms with Crippen LogP contribution in [0.4, 0.5) is 5.69 Å². The molecule has 0 saturated heterocycles. The number of hydrogen-bond donors (Lipinski definition) is 0. The van der Waals surface area contributed by atoms with Crippen molar-refractivity contribution < 1.29 is 0 Å². The lowest BCUT2D eigenvalue weighted by Gasteiger charge is -2.19. The molecule has 2 aromatic carbocycles. The molecule has 2 nitrogen and oxygen atoms in total. The highest BCUT2D eigenvalue weighted by atomic mass is 35.5. The third kappa shape index (κ3) is 6.38. The summed E-state index contributed by atoms with van der Waals surface area (Å²) >= 11 is 18.6. The van der Waals surface area contributed by atoms with Gasteiger partial charge < -0.3 is 9.80 Å². The molecule has 0 fully saturated rings. The van der Waals surface area contributed by atoms with Crippen LogP contribution in [0.2, 0.25) is 15.1 Å². The maximum Gasteiger partial charge on any atom is 0.0739 e. The Morgan fingerprint density at radius 1 is 0.760 bits per heavy atom. The second-order valence-corrected chi connectivity index (χ2v) is 7.84. The lowest BCUT2D eigenvalue weighted by molar-refractivity contribution is 0.333. The van der Waals surface area contributed by atoms with Gasteiger partial charge in [-0.3, -0.25) is 0 Å². The molecule has 0 amide bonds. The van der Waals surface area contributed by atoms with Gasteiger partial charge in [-0.25, -0.2) is 0 Å². The average Bonchev–Trinajstić information content (AvgIpc) is 2.54. The van der Waals surface area contributed by atoms with E-state index in [0.29, 0.717) is 10.0 Å².